The van der Waals surface area contributed by atoms with E-state index < -0.39 is 15.9 Å². The second kappa shape index (κ2) is 7.45. The van der Waals surface area contributed by atoms with Crippen LogP contribution in [-0.2, 0) is 21.9 Å². The van der Waals surface area contributed by atoms with Gasteiger partial charge in [0.1, 0.15) is 9.90 Å². The number of rotatable bonds is 5. The van der Waals surface area contributed by atoms with Gasteiger partial charge in [-0.15, -0.1) is 16.4 Å². The van der Waals surface area contributed by atoms with Gasteiger partial charge in [0, 0.05) is 26.3 Å². The molecule has 1 aliphatic heterocycles. The summed E-state index contributed by atoms with van der Waals surface area (Å²) in [5, 5.41) is 16.1. The fourth-order valence-corrected chi connectivity index (χ4v) is 5.75. The average molecular weight is 422 g/mol. The van der Waals surface area contributed by atoms with Gasteiger partial charge in [-0.25, -0.2) is 8.42 Å². The van der Waals surface area contributed by atoms with Gasteiger partial charge in [-0.2, -0.15) is 9.40 Å². The van der Waals surface area contributed by atoms with Gasteiger partial charge < -0.3 is 4.42 Å². The van der Waals surface area contributed by atoms with Crippen LogP contribution in [-0.4, -0.2) is 51.7 Å². The number of hydrogen-bond acceptors (Lipinski definition) is 8. The molecule has 3 aromatic rings. The van der Waals surface area contributed by atoms with E-state index in [1.54, 1.807) is 41.5 Å². The van der Waals surface area contributed by atoms with Gasteiger partial charge in [0.25, 0.3) is 15.9 Å². The molecule has 10 nitrogen and oxygen atoms in total. The van der Waals surface area contributed by atoms with E-state index in [1.807, 2.05) is 0 Å². The van der Waals surface area contributed by atoms with Gasteiger partial charge in [-0.3, -0.25) is 14.8 Å². The van der Waals surface area contributed by atoms with Crippen molar-refractivity contribution in [2.75, 3.05) is 18.4 Å². The molecule has 1 unspecified atom stereocenters. The molecule has 0 radical (unpaired) electrons. The van der Waals surface area contributed by atoms with Crippen LogP contribution in [0.3, 0.4) is 0 Å². The van der Waals surface area contributed by atoms with Crippen molar-refractivity contribution in [2.24, 2.45) is 13.0 Å². The molecule has 3 aromatic heterocycles. The van der Waals surface area contributed by atoms with E-state index in [2.05, 4.69) is 20.6 Å². The first-order valence-corrected chi connectivity index (χ1v) is 10.9. The van der Waals surface area contributed by atoms with E-state index in [9.17, 15) is 13.2 Å². The Hall–Kier alpha value is -2.57. The van der Waals surface area contributed by atoms with Crippen LogP contribution in [0.1, 0.15) is 12.8 Å². The average Bonchev–Trinajstić information content (AvgIpc) is 3.43. The highest BCUT2D eigenvalue weighted by molar-refractivity contribution is 7.91. The maximum Gasteiger partial charge on any atom is 0.322 e. The zero-order valence-corrected chi connectivity index (χ0v) is 16.6. The molecule has 1 amide bonds. The molecule has 1 aliphatic rings. The van der Waals surface area contributed by atoms with Gasteiger partial charge in [0.05, 0.1) is 5.92 Å². The molecule has 4 rings (SSSR count). The van der Waals surface area contributed by atoms with Crippen molar-refractivity contribution in [3.05, 3.63) is 29.8 Å². The van der Waals surface area contributed by atoms with Crippen molar-refractivity contribution in [1.29, 1.82) is 0 Å². The molecule has 28 heavy (non-hydrogen) atoms. The molecule has 12 heteroatoms. The largest absolute Gasteiger partial charge is 0.401 e. The second-order valence-electron chi connectivity index (χ2n) is 6.38. The van der Waals surface area contributed by atoms with Crippen molar-refractivity contribution < 1.29 is 17.6 Å². The van der Waals surface area contributed by atoms with Crippen LogP contribution in [0.5, 0.6) is 0 Å². The Kier molecular flexibility index (Phi) is 5.00. The summed E-state index contributed by atoms with van der Waals surface area (Å²) < 4.78 is 34.1. The molecular weight excluding hydrogens is 404 g/mol. The molecule has 0 aliphatic carbocycles. The van der Waals surface area contributed by atoms with Crippen molar-refractivity contribution >= 4 is 33.3 Å². The minimum atomic E-state index is -3.58. The Bertz CT molecular complexity index is 1070. The Morgan fingerprint density at radius 2 is 2.21 bits per heavy atom. The SMILES string of the molecule is Cn1nccc1-c1nnc(NC(=O)C2CCCN(S(=O)(=O)c3cccs3)C2)o1. The molecule has 4 heterocycles. The number of amides is 1. The minimum Gasteiger partial charge on any atom is -0.401 e. The fraction of sp³-hybridized carbons (Fsp3) is 0.375. The smallest absolute Gasteiger partial charge is 0.322 e. The van der Waals surface area contributed by atoms with Crippen LogP contribution in [0.4, 0.5) is 6.01 Å². The summed E-state index contributed by atoms with van der Waals surface area (Å²) in [5.74, 6) is -0.595. The fourth-order valence-electron chi connectivity index (χ4n) is 3.08. The predicted molar refractivity (Wildman–Crippen MR) is 101 cm³/mol. The summed E-state index contributed by atoms with van der Waals surface area (Å²) >= 11 is 1.17. The third-order valence-electron chi connectivity index (χ3n) is 4.54. The highest BCUT2D eigenvalue weighted by atomic mass is 32.2. The van der Waals surface area contributed by atoms with Gasteiger partial charge in [-0.05, 0) is 30.4 Å². The Morgan fingerprint density at radius 1 is 1.36 bits per heavy atom. The van der Waals surface area contributed by atoms with Crippen LogP contribution in [0.15, 0.2) is 38.4 Å². The van der Waals surface area contributed by atoms with Crippen LogP contribution in [0.2, 0.25) is 0 Å². The maximum atomic E-state index is 12.7. The van der Waals surface area contributed by atoms with E-state index in [-0.39, 0.29) is 28.6 Å². The van der Waals surface area contributed by atoms with Crippen LogP contribution in [0.25, 0.3) is 11.6 Å². The molecule has 1 atom stereocenters. The molecular formula is C16H18N6O4S2. The predicted octanol–water partition coefficient (Wildman–Crippen LogP) is 1.57. The lowest BCUT2D eigenvalue weighted by Gasteiger charge is -2.30. The first kappa shape index (κ1) is 18.8. The van der Waals surface area contributed by atoms with Crippen LogP contribution in [0, 0.1) is 5.92 Å². The molecule has 1 N–H and O–H groups in total. The highest BCUT2D eigenvalue weighted by Gasteiger charge is 2.34. The Morgan fingerprint density at radius 3 is 2.93 bits per heavy atom. The van der Waals surface area contributed by atoms with E-state index in [4.69, 9.17) is 4.42 Å². The summed E-state index contributed by atoms with van der Waals surface area (Å²) in [4.78, 5) is 12.6. The number of carbonyl (C=O) groups is 1. The van der Waals surface area contributed by atoms with E-state index in [0.29, 0.717) is 25.1 Å². The van der Waals surface area contributed by atoms with Crippen molar-refractivity contribution in [3.8, 4) is 11.6 Å². The van der Waals surface area contributed by atoms with E-state index >= 15 is 0 Å². The molecule has 0 aromatic carbocycles. The van der Waals surface area contributed by atoms with Crippen LogP contribution < -0.4 is 5.32 Å². The van der Waals surface area contributed by atoms with E-state index in [1.165, 1.54) is 15.6 Å². The summed E-state index contributed by atoms with van der Waals surface area (Å²) in [6.45, 7) is 0.518. The first-order chi connectivity index (χ1) is 13.4. The third kappa shape index (κ3) is 3.57. The number of hydrogen-bond donors (Lipinski definition) is 1. The zero-order chi connectivity index (χ0) is 19.7. The van der Waals surface area contributed by atoms with Gasteiger partial charge >= 0.3 is 6.01 Å². The third-order valence-corrected chi connectivity index (χ3v) is 7.78. The first-order valence-electron chi connectivity index (χ1n) is 8.61. The van der Waals surface area contributed by atoms with Crippen molar-refractivity contribution in [1.82, 2.24) is 24.3 Å². The standard InChI is InChI=1S/C16H18N6O4S2/c1-21-12(6-7-17-21)15-19-20-16(26-15)18-14(23)11-4-2-8-22(10-11)28(24,25)13-5-3-9-27-13/h3,5-7,9,11H,2,4,8,10H2,1H3,(H,18,20,23). The van der Waals surface area contributed by atoms with Gasteiger partial charge in [0.2, 0.25) is 5.91 Å². The summed E-state index contributed by atoms with van der Waals surface area (Å²) in [7, 11) is -1.84. The van der Waals surface area contributed by atoms with Crippen LogP contribution >= 0.6 is 11.3 Å². The van der Waals surface area contributed by atoms with Crippen molar-refractivity contribution in [3.63, 3.8) is 0 Å². The number of aryl methyl sites for hydroxylation is 1. The van der Waals surface area contributed by atoms with E-state index in [0.717, 1.165) is 0 Å². The number of aromatic nitrogens is 4. The highest BCUT2D eigenvalue weighted by Crippen LogP contribution is 2.27. The Labute approximate surface area is 165 Å². The minimum absolute atomic E-state index is 0.0283. The number of nitrogens with zero attached hydrogens (tertiary/aromatic N) is 5. The van der Waals surface area contributed by atoms with Gasteiger partial charge in [0.15, 0.2) is 0 Å². The number of anilines is 1. The number of nitrogens with one attached hydrogen (secondary N) is 1. The lowest BCUT2D eigenvalue weighted by atomic mass is 9.99. The topological polar surface area (TPSA) is 123 Å². The van der Waals surface area contributed by atoms with Crippen molar-refractivity contribution in [2.45, 2.75) is 17.1 Å². The Balaban J connectivity index is 1.44. The number of carbonyl (C=O) groups excluding carboxylic acids is 1. The zero-order valence-electron chi connectivity index (χ0n) is 15.0. The molecule has 1 saturated heterocycles. The number of piperidine rings is 1. The second-order valence-corrected chi connectivity index (χ2v) is 9.49. The maximum absolute atomic E-state index is 12.7. The molecule has 0 bridgehead atoms. The summed E-state index contributed by atoms with van der Waals surface area (Å²) in [6, 6.07) is 4.95. The molecule has 1 fully saturated rings. The lowest BCUT2D eigenvalue weighted by molar-refractivity contribution is -0.121. The monoisotopic (exact) mass is 422 g/mol. The lowest BCUT2D eigenvalue weighted by Crippen LogP contribution is -2.43. The quantitative estimate of drug-likeness (QED) is 0.662. The number of thiophene rings is 1. The summed E-state index contributed by atoms with van der Waals surface area (Å²) in [5.41, 5.74) is 0.624. The molecule has 0 saturated carbocycles. The normalized spacial score (nSPS) is 18.2. The van der Waals surface area contributed by atoms with Gasteiger partial charge in [-0.1, -0.05) is 11.2 Å². The molecule has 0 spiro atoms. The number of sulfonamides is 1. The summed E-state index contributed by atoms with van der Waals surface area (Å²) in [6.07, 6.45) is 2.79. The molecule has 148 valence electrons.